The zero-order chi connectivity index (χ0) is 14.6. The monoisotopic (exact) mass is 280 g/mol. The van der Waals surface area contributed by atoms with Crippen LogP contribution in [0.15, 0.2) is 5.16 Å². The molecule has 0 spiro atoms. The van der Waals surface area contributed by atoms with Gasteiger partial charge in [-0.15, -0.1) is 0 Å². The molecule has 0 amide bonds. The summed E-state index contributed by atoms with van der Waals surface area (Å²) in [6.07, 6.45) is 0.180. The van der Waals surface area contributed by atoms with Gasteiger partial charge in [-0.2, -0.15) is 17.4 Å². The van der Waals surface area contributed by atoms with Gasteiger partial charge in [-0.05, 0) is 34.6 Å². The van der Waals surface area contributed by atoms with Crippen LogP contribution < -0.4 is 10.5 Å². The molecule has 0 unspecified atom stereocenters. The van der Waals surface area contributed by atoms with E-state index in [4.69, 9.17) is 10.9 Å². The van der Waals surface area contributed by atoms with Crippen LogP contribution >= 0.6 is 0 Å². The fourth-order valence-corrected chi connectivity index (χ4v) is 3.15. The number of hydrogen-bond donors (Lipinski definition) is 3. The molecular formula is C10H24N4O3S. The standard InChI is InChI=1S/C10H24N4O3S/c1-8(2)14(7-6-9(11)12-15)18(16,17)13-10(3,4)5/h8,13,15H,6-7H2,1-5H3,(H2,11,12). The van der Waals surface area contributed by atoms with Gasteiger partial charge in [0.05, 0.1) is 0 Å². The summed E-state index contributed by atoms with van der Waals surface area (Å²) in [5, 5.41) is 11.3. The first-order chi connectivity index (χ1) is 7.99. The molecule has 0 aromatic rings. The van der Waals surface area contributed by atoms with Crippen LogP contribution in [-0.4, -0.2) is 41.9 Å². The van der Waals surface area contributed by atoms with Gasteiger partial charge in [0.1, 0.15) is 5.84 Å². The maximum Gasteiger partial charge on any atom is 0.280 e. The third-order valence-electron chi connectivity index (χ3n) is 2.04. The van der Waals surface area contributed by atoms with Crippen LogP contribution in [0.25, 0.3) is 0 Å². The zero-order valence-corrected chi connectivity index (χ0v) is 12.5. The molecule has 0 atom stereocenters. The minimum absolute atomic E-state index is 0.00612. The molecule has 0 heterocycles. The largest absolute Gasteiger partial charge is 0.409 e. The van der Waals surface area contributed by atoms with Crippen molar-refractivity contribution in [3.63, 3.8) is 0 Å². The molecule has 0 saturated carbocycles. The topological polar surface area (TPSA) is 108 Å². The summed E-state index contributed by atoms with van der Waals surface area (Å²) in [4.78, 5) is 0. The highest BCUT2D eigenvalue weighted by molar-refractivity contribution is 7.87. The molecule has 18 heavy (non-hydrogen) atoms. The van der Waals surface area contributed by atoms with E-state index in [9.17, 15) is 8.42 Å². The van der Waals surface area contributed by atoms with E-state index in [0.717, 1.165) is 0 Å². The Bertz CT molecular complexity index is 384. The Morgan fingerprint density at radius 1 is 1.44 bits per heavy atom. The zero-order valence-electron chi connectivity index (χ0n) is 11.6. The molecule has 4 N–H and O–H groups in total. The fraction of sp³-hybridized carbons (Fsp3) is 0.900. The van der Waals surface area contributed by atoms with E-state index < -0.39 is 15.7 Å². The number of nitrogens with zero attached hydrogens (tertiary/aromatic N) is 2. The first kappa shape index (κ1) is 17.1. The van der Waals surface area contributed by atoms with Gasteiger partial charge in [0.25, 0.3) is 10.2 Å². The van der Waals surface area contributed by atoms with Crippen LogP contribution in [0, 0.1) is 0 Å². The van der Waals surface area contributed by atoms with Crippen molar-refractivity contribution in [1.29, 1.82) is 0 Å². The molecule has 0 rings (SSSR count). The first-order valence-electron chi connectivity index (χ1n) is 5.76. The maximum absolute atomic E-state index is 12.2. The van der Waals surface area contributed by atoms with Gasteiger partial charge < -0.3 is 10.9 Å². The number of rotatable bonds is 6. The van der Waals surface area contributed by atoms with Crippen molar-refractivity contribution in [2.45, 2.75) is 52.6 Å². The predicted octanol–water partition coefficient (Wildman–Crippen LogP) is 0.466. The summed E-state index contributed by atoms with van der Waals surface area (Å²) in [5.41, 5.74) is 4.80. The van der Waals surface area contributed by atoms with Crippen molar-refractivity contribution in [2.24, 2.45) is 10.9 Å². The fourth-order valence-electron chi connectivity index (χ4n) is 1.38. The highest BCUT2D eigenvalue weighted by atomic mass is 32.2. The van der Waals surface area contributed by atoms with Crippen LogP contribution in [0.5, 0.6) is 0 Å². The van der Waals surface area contributed by atoms with Gasteiger partial charge in [-0.3, -0.25) is 0 Å². The number of oxime groups is 1. The van der Waals surface area contributed by atoms with Crippen molar-refractivity contribution < 1.29 is 13.6 Å². The van der Waals surface area contributed by atoms with Crippen molar-refractivity contribution in [2.75, 3.05) is 6.54 Å². The molecule has 108 valence electrons. The van der Waals surface area contributed by atoms with Crippen molar-refractivity contribution in [3.8, 4) is 0 Å². The number of hydrogen-bond acceptors (Lipinski definition) is 4. The van der Waals surface area contributed by atoms with Crippen LogP contribution in [0.1, 0.15) is 41.0 Å². The molecule has 0 bridgehead atoms. The van der Waals surface area contributed by atoms with E-state index in [-0.39, 0.29) is 24.8 Å². The van der Waals surface area contributed by atoms with Crippen LogP contribution in [-0.2, 0) is 10.2 Å². The molecule has 0 aromatic heterocycles. The molecule has 0 radical (unpaired) electrons. The van der Waals surface area contributed by atoms with E-state index in [1.54, 1.807) is 34.6 Å². The van der Waals surface area contributed by atoms with Crippen LogP contribution in [0.4, 0.5) is 0 Å². The minimum atomic E-state index is -3.59. The quantitative estimate of drug-likeness (QED) is 0.284. The Hall–Kier alpha value is -0.860. The van der Waals surface area contributed by atoms with Crippen molar-refractivity contribution in [1.82, 2.24) is 9.03 Å². The van der Waals surface area contributed by atoms with Crippen molar-refractivity contribution in [3.05, 3.63) is 0 Å². The SMILES string of the molecule is CC(C)N(CCC(N)=NO)S(=O)(=O)NC(C)(C)C. The van der Waals surface area contributed by atoms with Gasteiger partial charge in [0.15, 0.2) is 0 Å². The molecule has 0 aliphatic carbocycles. The summed E-state index contributed by atoms with van der Waals surface area (Å²) in [7, 11) is -3.59. The Morgan fingerprint density at radius 3 is 2.28 bits per heavy atom. The molecule has 0 aromatic carbocycles. The molecule has 7 nitrogen and oxygen atoms in total. The summed E-state index contributed by atoms with van der Waals surface area (Å²) in [5.74, 6) is 0.00612. The number of nitrogens with one attached hydrogen (secondary N) is 1. The third-order valence-corrected chi connectivity index (χ3v) is 4.13. The smallest absolute Gasteiger partial charge is 0.280 e. The highest BCUT2D eigenvalue weighted by Crippen LogP contribution is 2.10. The van der Waals surface area contributed by atoms with Gasteiger partial charge in [-0.1, -0.05) is 5.16 Å². The van der Waals surface area contributed by atoms with Crippen LogP contribution in [0.2, 0.25) is 0 Å². The summed E-state index contributed by atoms with van der Waals surface area (Å²) in [6, 6.07) is -0.212. The van der Waals surface area contributed by atoms with E-state index in [1.807, 2.05) is 0 Å². The molecule has 0 aliphatic rings. The maximum atomic E-state index is 12.2. The predicted molar refractivity (Wildman–Crippen MR) is 71.7 cm³/mol. The normalized spacial score (nSPS) is 14.5. The second-order valence-corrected chi connectivity index (χ2v) is 7.03. The first-order valence-corrected chi connectivity index (χ1v) is 7.21. The molecule has 0 fully saturated rings. The second-order valence-electron chi connectivity index (χ2n) is 5.40. The van der Waals surface area contributed by atoms with Crippen molar-refractivity contribution >= 4 is 16.0 Å². The number of amidine groups is 1. The van der Waals surface area contributed by atoms with Gasteiger partial charge in [0.2, 0.25) is 0 Å². The lowest BCUT2D eigenvalue weighted by molar-refractivity contribution is 0.312. The lowest BCUT2D eigenvalue weighted by Crippen LogP contribution is -2.51. The van der Waals surface area contributed by atoms with E-state index in [2.05, 4.69) is 9.88 Å². The van der Waals surface area contributed by atoms with Gasteiger partial charge >= 0.3 is 0 Å². The molecular weight excluding hydrogens is 256 g/mol. The molecule has 8 heteroatoms. The molecule has 0 aliphatic heterocycles. The van der Waals surface area contributed by atoms with E-state index >= 15 is 0 Å². The van der Waals surface area contributed by atoms with Crippen LogP contribution in [0.3, 0.4) is 0 Å². The van der Waals surface area contributed by atoms with Gasteiger partial charge in [-0.25, -0.2) is 0 Å². The lowest BCUT2D eigenvalue weighted by Gasteiger charge is -2.30. The average molecular weight is 280 g/mol. The summed E-state index contributed by atoms with van der Waals surface area (Å²) < 4.78 is 28.2. The second kappa shape index (κ2) is 6.35. The Morgan fingerprint density at radius 2 is 1.94 bits per heavy atom. The third kappa shape index (κ3) is 6.18. The molecule has 0 saturated heterocycles. The Labute approximate surface area is 109 Å². The van der Waals surface area contributed by atoms with E-state index in [0.29, 0.717) is 0 Å². The Kier molecular flexibility index (Phi) is 6.05. The summed E-state index contributed by atoms with van der Waals surface area (Å²) >= 11 is 0. The van der Waals surface area contributed by atoms with Gasteiger partial charge in [0, 0.05) is 24.5 Å². The Balaban J connectivity index is 4.90. The minimum Gasteiger partial charge on any atom is -0.409 e. The lowest BCUT2D eigenvalue weighted by atomic mass is 10.1. The summed E-state index contributed by atoms with van der Waals surface area (Å²) in [6.45, 7) is 9.02. The number of nitrogens with two attached hydrogens (primary N) is 1. The highest BCUT2D eigenvalue weighted by Gasteiger charge is 2.28. The average Bonchev–Trinajstić information content (AvgIpc) is 2.12. The van der Waals surface area contributed by atoms with E-state index in [1.165, 1.54) is 4.31 Å².